The Morgan fingerprint density at radius 2 is 1.33 bits per heavy atom. The first-order valence-corrected chi connectivity index (χ1v) is 8.70. The number of nitriles is 1. The van der Waals surface area contributed by atoms with Gasteiger partial charge in [-0.3, -0.25) is 0 Å². The van der Waals surface area contributed by atoms with Crippen molar-refractivity contribution >= 4 is 21.9 Å². The Balaban J connectivity index is 1.56. The van der Waals surface area contributed by atoms with E-state index in [1.807, 2.05) is 30.3 Å². The van der Waals surface area contributed by atoms with E-state index in [-0.39, 0.29) is 0 Å². The summed E-state index contributed by atoms with van der Waals surface area (Å²) < 4.78 is 5.91. The molecule has 0 saturated heterocycles. The maximum atomic E-state index is 9.03. The first-order chi connectivity index (χ1) is 13.3. The zero-order valence-electron chi connectivity index (χ0n) is 14.4. The lowest BCUT2D eigenvalue weighted by Gasteiger charge is -2.05. The van der Waals surface area contributed by atoms with E-state index in [2.05, 4.69) is 53.5 Å². The summed E-state index contributed by atoms with van der Waals surface area (Å²) >= 11 is 0. The molecule has 3 aromatic carbocycles. The fraction of sp³-hybridized carbons (Fsp3) is 0. The van der Waals surface area contributed by atoms with Crippen molar-refractivity contribution in [2.24, 2.45) is 0 Å². The van der Waals surface area contributed by atoms with E-state index in [1.165, 1.54) is 0 Å². The molecule has 3 nitrogen and oxygen atoms in total. The Morgan fingerprint density at radius 1 is 0.667 bits per heavy atom. The van der Waals surface area contributed by atoms with Crippen LogP contribution in [0.5, 0.6) is 0 Å². The van der Waals surface area contributed by atoms with Gasteiger partial charge in [-0.05, 0) is 52.6 Å². The van der Waals surface area contributed by atoms with Crippen molar-refractivity contribution in [3.63, 3.8) is 0 Å². The molecule has 0 bridgehead atoms. The summed E-state index contributed by atoms with van der Waals surface area (Å²) in [5.74, 6) is 0. The van der Waals surface area contributed by atoms with Gasteiger partial charge in [0, 0.05) is 17.0 Å². The van der Waals surface area contributed by atoms with Crippen molar-refractivity contribution in [2.75, 3.05) is 0 Å². The highest BCUT2D eigenvalue weighted by Crippen LogP contribution is 2.33. The molecule has 0 radical (unpaired) electrons. The third kappa shape index (κ3) is 2.65. The molecule has 2 heterocycles. The summed E-state index contributed by atoms with van der Waals surface area (Å²) in [6.45, 7) is 0. The van der Waals surface area contributed by atoms with Gasteiger partial charge in [0.2, 0.25) is 0 Å². The van der Waals surface area contributed by atoms with Crippen molar-refractivity contribution in [1.29, 1.82) is 5.26 Å². The SMILES string of the molecule is N#Cc1cc(-c2ccc(-c3ccc4oc5ccccc5c4c3)cc2)ccn1. The zero-order chi connectivity index (χ0) is 18.2. The Kier molecular flexibility index (Phi) is 3.48. The van der Waals surface area contributed by atoms with E-state index in [0.29, 0.717) is 5.69 Å². The van der Waals surface area contributed by atoms with Crippen molar-refractivity contribution in [3.05, 3.63) is 90.8 Å². The number of nitrogens with zero attached hydrogens (tertiary/aromatic N) is 2. The number of furan rings is 1. The first kappa shape index (κ1) is 15.4. The number of fused-ring (bicyclic) bond motifs is 3. The van der Waals surface area contributed by atoms with E-state index in [4.69, 9.17) is 9.68 Å². The molecule has 0 aliphatic carbocycles. The monoisotopic (exact) mass is 346 g/mol. The fourth-order valence-electron chi connectivity index (χ4n) is 3.43. The molecule has 3 heteroatoms. The highest BCUT2D eigenvalue weighted by molar-refractivity contribution is 6.06. The normalized spacial score (nSPS) is 10.9. The highest BCUT2D eigenvalue weighted by atomic mass is 16.3. The minimum Gasteiger partial charge on any atom is -0.456 e. The number of aromatic nitrogens is 1. The second-order valence-corrected chi connectivity index (χ2v) is 6.43. The number of pyridine rings is 1. The van der Waals surface area contributed by atoms with Crippen molar-refractivity contribution < 1.29 is 4.42 Å². The minimum atomic E-state index is 0.425. The lowest BCUT2D eigenvalue weighted by atomic mass is 9.99. The Morgan fingerprint density at radius 3 is 2.11 bits per heavy atom. The molecule has 0 aliphatic heterocycles. The van der Waals surface area contributed by atoms with E-state index in [9.17, 15) is 0 Å². The van der Waals surface area contributed by atoms with Crippen LogP contribution in [-0.4, -0.2) is 4.98 Å². The fourth-order valence-corrected chi connectivity index (χ4v) is 3.43. The minimum absolute atomic E-state index is 0.425. The average molecular weight is 346 g/mol. The van der Waals surface area contributed by atoms with Crippen LogP contribution >= 0.6 is 0 Å². The molecule has 2 aromatic heterocycles. The zero-order valence-corrected chi connectivity index (χ0v) is 14.4. The number of hydrogen-bond donors (Lipinski definition) is 0. The number of rotatable bonds is 2. The molecule has 0 atom stereocenters. The Bertz CT molecular complexity index is 1320. The van der Waals surface area contributed by atoms with Gasteiger partial charge in [0.15, 0.2) is 0 Å². The predicted octanol–water partition coefficient (Wildman–Crippen LogP) is 6.19. The molecule has 0 fully saturated rings. The second kappa shape index (κ2) is 6.12. The van der Waals surface area contributed by atoms with Gasteiger partial charge in [-0.15, -0.1) is 0 Å². The summed E-state index contributed by atoms with van der Waals surface area (Å²) in [5, 5.41) is 11.3. The molecule has 0 N–H and O–H groups in total. The van der Waals surface area contributed by atoms with Gasteiger partial charge in [0.25, 0.3) is 0 Å². The molecule has 27 heavy (non-hydrogen) atoms. The van der Waals surface area contributed by atoms with Gasteiger partial charge in [0.05, 0.1) is 0 Å². The molecule has 0 unspecified atom stereocenters. The third-order valence-electron chi connectivity index (χ3n) is 4.80. The molecular weight excluding hydrogens is 332 g/mol. The lowest BCUT2D eigenvalue weighted by Crippen LogP contribution is -1.84. The smallest absolute Gasteiger partial charge is 0.141 e. The Labute approximate surface area is 156 Å². The Hall–Kier alpha value is -3.90. The quantitative estimate of drug-likeness (QED) is 0.383. The van der Waals surface area contributed by atoms with Gasteiger partial charge >= 0.3 is 0 Å². The van der Waals surface area contributed by atoms with Gasteiger partial charge in [0.1, 0.15) is 22.9 Å². The average Bonchev–Trinajstić information content (AvgIpc) is 3.12. The third-order valence-corrected chi connectivity index (χ3v) is 4.80. The highest BCUT2D eigenvalue weighted by Gasteiger charge is 2.08. The van der Waals surface area contributed by atoms with Gasteiger partial charge in [-0.25, -0.2) is 4.98 Å². The molecule has 0 saturated carbocycles. The summed E-state index contributed by atoms with van der Waals surface area (Å²) in [4.78, 5) is 4.03. The number of hydrogen-bond acceptors (Lipinski definition) is 3. The van der Waals surface area contributed by atoms with Crippen LogP contribution in [0.15, 0.2) is 89.5 Å². The summed E-state index contributed by atoms with van der Waals surface area (Å²) in [7, 11) is 0. The summed E-state index contributed by atoms with van der Waals surface area (Å²) in [6, 6.07) is 28.5. The molecule has 5 aromatic rings. The maximum Gasteiger partial charge on any atom is 0.141 e. The van der Waals surface area contributed by atoms with Crippen LogP contribution in [0, 0.1) is 11.3 Å². The molecule has 0 spiro atoms. The van der Waals surface area contributed by atoms with Crippen molar-refractivity contribution in [1.82, 2.24) is 4.98 Å². The second-order valence-electron chi connectivity index (χ2n) is 6.43. The largest absolute Gasteiger partial charge is 0.456 e. The van der Waals surface area contributed by atoms with Crippen LogP contribution in [-0.2, 0) is 0 Å². The van der Waals surface area contributed by atoms with E-state index >= 15 is 0 Å². The number of benzene rings is 3. The van der Waals surface area contributed by atoms with Crippen LogP contribution in [0.4, 0.5) is 0 Å². The summed E-state index contributed by atoms with van der Waals surface area (Å²) in [5.41, 5.74) is 6.57. The predicted molar refractivity (Wildman–Crippen MR) is 107 cm³/mol. The molecular formula is C24H14N2O. The number of para-hydroxylation sites is 1. The van der Waals surface area contributed by atoms with Crippen LogP contribution < -0.4 is 0 Å². The molecule has 0 aliphatic rings. The first-order valence-electron chi connectivity index (χ1n) is 8.70. The van der Waals surface area contributed by atoms with Gasteiger partial charge < -0.3 is 4.42 Å². The molecule has 126 valence electrons. The molecule has 5 rings (SSSR count). The maximum absolute atomic E-state index is 9.03. The standard InChI is InChI=1S/C24H14N2O/c25-15-20-13-19(11-12-26-20)17-7-5-16(6-8-17)18-9-10-24-22(14-18)21-3-1-2-4-23(21)27-24/h1-14H. The van der Waals surface area contributed by atoms with E-state index in [1.54, 1.807) is 12.3 Å². The van der Waals surface area contributed by atoms with Crippen LogP contribution in [0.3, 0.4) is 0 Å². The van der Waals surface area contributed by atoms with Crippen LogP contribution in [0.2, 0.25) is 0 Å². The van der Waals surface area contributed by atoms with E-state index < -0.39 is 0 Å². The van der Waals surface area contributed by atoms with E-state index in [0.717, 1.165) is 44.2 Å². The van der Waals surface area contributed by atoms with Crippen LogP contribution in [0.1, 0.15) is 5.69 Å². The lowest BCUT2D eigenvalue weighted by molar-refractivity contribution is 0.669. The van der Waals surface area contributed by atoms with Gasteiger partial charge in [-0.2, -0.15) is 5.26 Å². The topological polar surface area (TPSA) is 49.8 Å². The molecule has 0 amide bonds. The van der Waals surface area contributed by atoms with Crippen molar-refractivity contribution in [2.45, 2.75) is 0 Å². The van der Waals surface area contributed by atoms with Crippen molar-refractivity contribution in [3.8, 4) is 28.3 Å². The summed E-state index contributed by atoms with van der Waals surface area (Å²) in [6.07, 6.45) is 1.67. The van der Waals surface area contributed by atoms with Crippen LogP contribution in [0.25, 0.3) is 44.2 Å². The van der Waals surface area contributed by atoms with Gasteiger partial charge in [-0.1, -0.05) is 48.5 Å².